The molecular formula is C14H23ClN2O5S. The van der Waals surface area contributed by atoms with Gasteiger partial charge in [0.2, 0.25) is 5.91 Å². The van der Waals surface area contributed by atoms with Gasteiger partial charge in [0, 0.05) is 31.7 Å². The van der Waals surface area contributed by atoms with Gasteiger partial charge < -0.3 is 20.1 Å². The molecule has 0 fully saturated rings. The molecule has 1 rings (SSSR count). The Balaban J connectivity index is 0.00000484. The van der Waals surface area contributed by atoms with Crippen LogP contribution < -0.4 is 15.4 Å². The number of halogens is 1. The van der Waals surface area contributed by atoms with E-state index in [1.165, 1.54) is 0 Å². The zero-order valence-electron chi connectivity index (χ0n) is 13.2. The minimum Gasteiger partial charge on any atom is -0.492 e. The second-order valence-corrected chi connectivity index (χ2v) is 6.98. The highest BCUT2D eigenvalue weighted by Gasteiger charge is 2.05. The number of ether oxygens (including phenoxy) is 2. The summed E-state index contributed by atoms with van der Waals surface area (Å²) < 4.78 is 32.3. The summed E-state index contributed by atoms with van der Waals surface area (Å²) in [5, 5.41) is 5.66. The molecule has 0 aliphatic carbocycles. The van der Waals surface area contributed by atoms with Crippen molar-refractivity contribution in [2.75, 3.05) is 50.7 Å². The number of sulfone groups is 1. The molecule has 1 aromatic rings. The SMILES string of the molecule is COCCNCC(=O)Nc1cccc(OCCS(C)(=O)=O)c1.Cl. The van der Waals surface area contributed by atoms with E-state index in [0.717, 1.165) is 6.26 Å². The topological polar surface area (TPSA) is 93.7 Å². The summed E-state index contributed by atoms with van der Waals surface area (Å²) in [6.07, 6.45) is 1.16. The second-order valence-electron chi connectivity index (χ2n) is 4.72. The fraction of sp³-hybridized carbons (Fsp3) is 0.500. The first-order valence-electron chi connectivity index (χ1n) is 6.81. The molecule has 0 bridgehead atoms. The lowest BCUT2D eigenvalue weighted by atomic mass is 10.3. The van der Waals surface area contributed by atoms with Crippen LogP contribution in [-0.2, 0) is 19.4 Å². The van der Waals surface area contributed by atoms with Gasteiger partial charge in [-0.3, -0.25) is 4.79 Å². The highest BCUT2D eigenvalue weighted by Crippen LogP contribution is 2.17. The number of hydrogen-bond acceptors (Lipinski definition) is 6. The molecule has 132 valence electrons. The number of amides is 1. The normalized spacial score (nSPS) is 10.7. The summed E-state index contributed by atoms with van der Waals surface area (Å²) in [5.74, 6) is 0.283. The quantitative estimate of drug-likeness (QED) is 0.592. The van der Waals surface area contributed by atoms with Crippen LogP contribution in [0.3, 0.4) is 0 Å². The van der Waals surface area contributed by atoms with E-state index in [1.807, 2.05) is 0 Å². The highest BCUT2D eigenvalue weighted by atomic mass is 35.5. The number of benzene rings is 1. The standard InChI is InChI=1S/C14H22N2O5S.ClH/c1-20-7-6-15-11-14(17)16-12-4-3-5-13(10-12)21-8-9-22(2,18)19;/h3-5,10,15H,6-9,11H2,1-2H3,(H,16,17);1H. The van der Waals surface area contributed by atoms with Crippen LogP contribution in [0.15, 0.2) is 24.3 Å². The molecule has 0 heterocycles. The predicted octanol–water partition coefficient (Wildman–Crippen LogP) is 0.706. The van der Waals surface area contributed by atoms with E-state index in [1.54, 1.807) is 31.4 Å². The van der Waals surface area contributed by atoms with Crippen LogP contribution in [0.5, 0.6) is 5.75 Å². The summed E-state index contributed by atoms with van der Waals surface area (Å²) in [7, 11) is -1.46. The maximum absolute atomic E-state index is 11.7. The number of rotatable bonds is 10. The Kier molecular flexibility index (Phi) is 10.6. The third kappa shape index (κ3) is 10.9. The van der Waals surface area contributed by atoms with Gasteiger partial charge in [-0.05, 0) is 12.1 Å². The third-order valence-corrected chi connectivity index (χ3v) is 3.52. The largest absolute Gasteiger partial charge is 0.492 e. The fourth-order valence-corrected chi connectivity index (χ4v) is 1.94. The van der Waals surface area contributed by atoms with Crippen LogP contribution in [0.2, 0.25) is 0 Å². The van der Waals surface area contributed by atoms with Gasteiger partial charge in [0.15, 0.2) is 9.84 Å². The highest BCUT2D eigenvalue weighted by molar-refractivity contribution is 7.90. The maximum atomic E-state index is 11.7. The Bertz CT molecular complexity index is 580. The molecule has 0 aliphatic heterocycles. The van der Waals surface area contributed by atoms with Crippen molar-refractivity contribution in [3.05, 3.63) is 24.3 Å². The number of carbonyl (C=O) groups excluding carboxylic acids is 1. The average molecular weight is 367 g/mol. The molecule has 0 atom stereocenters. The van der Waals surface area contributed by atoms with Crippen LogP contribution >= 0.6 is 12.4 Å². The van der Waals surface area contributed by atoms with Gasteiger partial charge >= 0.3 is 0 Å². The summed E-state index contributed by atoms with van der Waals surface area (Å²) in [6, 6.07) is 6.81. The molecule has 9 heteroatoms. The maximum Gasteiger partial charge on any atom is 0.238 e. The van der Waals surface area contributed by atoms with Crippen molar-refractivity contribution in [3.8, 4) is 5.75 Å². The van der Waals surface area contributed by atoms with Crippen molar-refractivity contribution in [1.82, 2.24) is 5.32 Å². The molecule has 2 N–H and O–H groups in total. The van der Waals surface area contributed by atoms with Crippen LogP contribution in [-0.4, -0.2) is 59.7 Å². The van der Waals surface area contributed by atoms with Crippen molar-refractivity contribution < 1.29 is 22.7 Å². The third-order valence-electron chi connectivity index (χ3n) is 2.61. The molecule has 0 unspecified atom stereocenters. The van der Waals surface area contributed by atoms with Gasteiger partial charge in [-0.15, -0.1) is 12.4 Å². The van der Waals surface area contributed by atoms with E-state index in [2.05, 4.69) is 10.6 Å². The van der Waals surface area contributed by atoms with E-state index in [-0.39, 0.29) is 37.2 Å². The van der Waals surface area contributed by atoms with Gasteiger partial charge in [0.25, 0.3) is 0 Å². The summed E-state index contributed by atoms with van der Waals surface area (Å²) in [4.78, 5) is 11.7. The first kappa shape index (κ1) is 21.6. The number of carbonyl (C=O) groups is 1. The lowest BCUT2D eigenvalue weighted by Gasteiger charge is -2.09. The molecule has 23 heavy (non-hydrogen) atoms. The van der Waals surface area contributed by atoms with Crippen LogP contribution in [0, 0.1) is 0 Å². The zero-order valence-corrected chi connectivity index (χ0v) is 14.8. The van der Waals surface area contributed by atoms with Gasteiger partial charge in [-0.1, -0.05) is 6.07 Å². The van der Waals surface area contributed by atoms with E-state index in [9.17, 15) is 13.2 Å². The van der Waals surface area contributed by atoms with Gasteiger partial charge in [0.05, 0.1) is 18.9 Å². The molecule has 0 aromatic heterocycles. The van der Waals surface area contributed by atoms with Crippen molar-refractivity contribution in [3.63, 3.8) is 0 Å². The first-order valence-corrected chi connectivity index (χ1v) is 8.87. The number of hydrogen-bond donors (Lipinski definition) is 2. The van der Waals surface area contributed by atoms with E-state index in [0.29, 0.717) is 24.6 Å². The minimum atomic E-state index is -3.05. The van der Waals surface area contributed by atoms with Crippen LogP contribution in [0.1, 0.15) is 0 Å². The monoisotopic (exact) mass is 366 g/mol. The van der Waals surface area contributed by atoms with Gasteiger partial charge in [-0.25, -0.2) is 8.42 Å². The van der Waals surface area contributed by atoms with Crippen molar-refractivity contribution in [2.45, 2.75) is 0 Å². The van der Waals surface area contributed by atoms with Crippen LogP contribution in [0.4, 0.5) is 5.69 Å². The predicted molar refractivity (Wildman–Crippen MR) is 92.3 cm³/mol. The fourth-order valence-electron chi connectivity index (χ4n) is 1.56. The Morgan fingerprint density at radius 3 is 2.65 bits per heavy atom. The van der Waals surface area contributed by atoms with E-state index < -0.39 is 9.84 Å². The molecule has 1 aromatic carbocycles. The minimum absolute atomic E-state index is 0. The molecule has 0 saturated heterocycles. The molecular weight excluding hydrogens is 344 g/mol. The molecule has 0 aliphatic rings. The molecule has 0 saturated carbocycles. The van der Waals surface area contributed by atoms with Gasteiger partial charge in [-0.2, -0.15) is 0 Å². The first-order chi connectivity index (χ1) is 10.4. The lowest BCUT2D eigenvalue weighted by molar-refractivity contribution is -0.115. The number of nitrogens with one attached hydrogen (secondary N) is 2. The number of methoxy groups -OCH3 is 1. The molecule has 7 nitrogen and oxygen atoms in total. The summed E-state index contributed by atoms with van der Waals surface area (Å²) in [5.41, 5.74) is 0.593. The van der Waals surface area contributed by atoms with Crippen molar-refractivity contribution in [1.29, 1.82) is 0 Å². The Morgan fingerprint density at radius 2 is 2.00 bits per heavy atom. The van der Waals surface area contributed by atoms with Crippen LogP contribution in [0.25, 0.3) is 0 Å². The van der Waals surface area contributed by atoms with E-state index in [4.69, 9.17) is 9.47 Å². The molecule has 0 spiro atoms. The second kappa shape index (κ2) is 11.2. The van der Waals surface area contributed by atoms with Crippen molar-refractivity contribution in [2.24, 2.45) is 0 Å². The average Bonchev–Trinajstić information content (AvgIpc) is 2.43. The Hall–Kier alpha value is -1.35. The summed E-state index contributed by atoms with van der Waals surface area (Å²) >= 11 is 0. The van der Waals surface area contributed by atoms with E-state index >= 15 is 0 Å². The van der Waals surface area contributed by atoms with Gasteiger partial charge in [0.1, 0.15) is 12.4 Å². The van der Waals surface area contributed by atoms with Crippen molar-refractivity contribution >= 4 is 33.8 Å². The summed E-state index contributed by atoms with van der Waals surface area (Å²) in [6.45, 7) is 1.40. The lowest BCUT2D eigenvalue weighted by Crippen LogP contribution is -2.30. The Labute approximate surface area is 143 Å². The molecule has 1 amide bonds. The number of anilines is 1. The zero-order chi connectivity index (χ0) is 16.4. The smallest absolute Gasteiger partial charge is 0.238 e. The molecule has 0 radical (unpaired) electrons. The Morgan fingerprint density at radius 1 is 1.26 bits per heavy atom.